The van der Waals surface area contributed by atoms with Gasteiger partial charge in [-0.25, -0.2) is 19.0 Å². The summed E-state index contributed by atoms with van der Waals surface area (Å²) in [5.41, 5.74) is 8.54. The number of aromatic nitrogens is 5. The average Bonchev–Trinajstić information content (AvgIpc) is 3.78. The van der Waals surface area contributed by atoms with Gasteiger partial charge in [-0.05, 0) is 62.0 Å². The number of aryl methyl sites for hydroxylation is 2. The first-order valence-electron chi connectivity index (χ1n) is 15.0. The van der Waals surface area contributed by atoms with Crippen molar-refractivity contribution in [2.45, 2.75) is 59.0 Å². The molecule has 2 aliphatic heterocycles. The monoisotopic (exact) mass is 583 g/mol. The smallest absolute Gasteiger partial charge is 0.225 e. The second-order valence-corrected chi connectivity index (χ2v) is 11.8. The molecule has 0 atom stereocenters. The van der Waals surface area contributed by atoms with Crippen LogP contribution in [0.15, 0.2) is 48.9 Å². The average molecular weight is 584 g/mol. The van der Waals surface area contributed by atoms with Gasteiger partial charge >= 0.3 is 0 Å². The molecular weight excluding hydrogens is 549 g/mol. The molecule has 3 aromatic heterocycles. The number of halogens is 2. The van der Waals surface area contributed by atoms with Gasteiger partial charge in [-0.3, -0.25) is 4.90 Å². The van der Waals surface area contributed by atoms with Crippen molar-refractivity contribution in [1.29, 1.82) is 0 Å². The van der Waals surface area contributed by atoms with Crippen molar-refractivity contribution in [3.8, 4) is 16.9 Å². The van der Waals surface area contributed by atoms with Crippen LogP contribution in [0, 0.1) is 5.82 Å². The first-order valence-corrected chi connectivity index (χ1v) is 15.4. The Kier molecular flexibility index (Phi) is 7.20. The van der Waals surface area contributed by atoms with E-state index in [0.29, 0.717) is 23.1 Å². The van der Waals surface area contributed by atoms with Crippen LogP contribution in [0.1, 0.15) is 54.6 Å². The number of benzene rings is 2. The zero-order valence-corrected chi connectivity index (χ0v) is 24.9. The molecule has 1 N–H and O–H groups in total. The third-order valence-electron chi connectivity index (χ3n) is 8.77. The molecule has 1 saturated heterocycles. The van der Waals surface area contributed by atoms with Crippen LogP contribution in [-0.4, -0.2) is 49.3 Å². The second kappa shape index (κ2) is 11.2. The van der Waals surface area contributed by atoms with Crippen molar-refractivity contribution in [1.82, 2.24) is 29.6 Å². The molecule has 0 aliphatic carbocycles. The molecule has 0 amide bonds. The van der Waals surface area contributed by atoms with E-state index in [1.807, 2.05) is 29.3 Å². The van der Waals surface area contributed by atoms with Crippen LogP contribution >= 0.6 is 11.6 Å². The molecule has 216 valence electrons. The molecule has 2 aromatic carbocycles. The Hall–Kier alpha value is -3.75. The summed E-state index contributed by atoms with van der Waals surface area (Å²) in [6.07, 6.45) is 10.7. The highest BCUT2D eigenvalue weighted by atomic mass is 35.5. The van der Waals surface area contributed by atoms with E-state index in [1.165, 1.54) is 30.0 Å². The van der Waals surface area contributed by atoms with Crippen LogP contribution in [0.5, 0.6) is 0 Å². The molecule has 1 fully saturated rings. The summed E-state index contributed by atoms with van der Waals surface area (Å²) in [6, 6.07) is 9.71. The van der Waals surface area contributed by atoms with Gasteiger partial charge < -0.3 is 9.88 Å². The zero-order chi connectivity index (χ0) is 28.8. The Bertz CT molecular complexity index is 1730. The lowest BCUT2D eigenvalue weighted by Crippen LogP contribution is -2.31. The van der Waals surface area contributed by atoms with Gasteiger partial charge in [0.25, 0.3) is 0 Å². The van der Waals surface area contributed by atoms with Gasteiger partial charge in [0.1, 0.15) is 5.82 Å². The summed E-state index contributed by atoms with van der Waals surface area (Å²) < 4.78 is 18.1. The molecule has 0 radical (unpaired) electrons. The van der Waals surface area contributed by atoms with E-state index >= 15 is 4.39 Å². The molecule has 42 heavy (non-hydrogen) atoms. The second-order valence-electron chi connectivity index (χ2n) is 11.3. The van der Waals surface area contributed by atoms with E-state index in [-0.39, 0.29) is 5.82 Å². The quantitative estimate of drug-likeness (QED) is 0.226. The summed E-state index contributed by atoms with van der Waals surface area (Å²) in [6.45, 7) is 8.76. The maximum atomic E-state index is 16.1. The van der Waals surface area contributed by atoms with Gasteiger partial charge in [0.05, 0.1) is 27.6 Å². The number of hydrogen-bond donors (Lipinski definition) is 1. The molecule has 0 unspecified atom stereocenters. The SMILES string of the molecule is CCc1cccc(CC)c1-n1nc2c(c1-c1c(F)cc(Cl)c3[nH]ccc13)CN(c1ncc(CN3CCCC3)cn1)CC2. The third kappa shape index (κ3) is 4.67. The van der Waals surface area contributed by atoms with E-state index in [9.17, 15) is 0 Å². The number of fused-ring (bicyclic) bond motifs is 2. The van der Waals surface area contributed by atoms with Crippen molar-refractivity contribution in [2.24, 2.45) is 0 Å². The van der Waals surface area contributed by atoms with E-state index in [4.69, 9.17) is 26.7 Å². The van der Waals surface area contributed by atoms with Crippen molar-refractivity contribution in [2.75, 3.05) is 24.5 Å². The number of nitrogens with zero attached hydrogens (tertiary/aromatic N) is 6. The van der Waals surface area contributed by atoms with Crippen molar-refractivity contribution in [3.63, 3.8) is 0 Å². The van der Waals surface area contributed by atoms with E-state index < -0.39 is 0 Å². The van der Waals surface area contributed by atoms with Crippen LogP contribution in [0.4, 0.5) is 10.3 Å². The lowest BCUT2D eigenvalue weighted by molar-refractivity contribution is 0.330. The fraction of sp³-hybridized carbons (Fsp3) is 0.364. The fourth-order valence-electron chi connectivity index (χ4n) is 6.64. The maximum Gasteiger partial charge on any atom is 0.225 e. The summed E-state index contributed by atoms with van der Waals surface area (Å²) in [7, 11) is 0. The minimum Gasteiger partial charge on any atom is -0.360 e. The number of likely N-dealkylation sites (tertiary alicyclic amines) is 1. The summed E-state index contributed by atoms with van der Waals surface area (Å²) >= 11 is 6.48. The van der Waals surface area contributed by atoms with Gasteiger partial charge in [-0.1, -0.05) is 43.6 Å². The molecule has 0 saturated carbocycles. The maximum absolute atomic E-state index is 16.1. The molecule has 0 bridgehead atoms. The summed E-state index contributed by atoms with van der Waals surface area (Å²) in [5, 5.41) is 6.31. The lowest BCUT2D eigenvalue weighted by atomic mass is 9.97. The van der Waals surface area contributed by atoms with Crippen LogP contribution < -0.4 is 4.90 Å². The molecule has 7 nitrogen and oxygen atoms in total. The van der Waals surface area contributed by atoms with Crippen molar-refractivity contribution < 1.29 is 4.39 Å². The predicted octanol–water partition coefficient (Wildman–Crippen LogP) is 6.89. The normalized spacial score (nSPS) is 15.6. The minimum atomic E-state index is -0.359. The molecule has 0 spiro atoms. The summed E-state index contributed by atoms with van der Waals surface area (Å²) in [5.74, 6) is 0.332. The zero-order valence-electron chi connectivity index (χ0n) is 24.1. The van der Waals surface area contributed by atoms with Crippen LogP contribution in [0.25, 0.3) is 27.8 Å². The number of H-pyrrole nitrogens is 1. The predicted molar refractivity (Wildman–Crippen MR) is 166 cm³/mol. The standard InChI is InChI=1S/C33H35ClFN7/c1-3-22-8-7-9-23(4-2)31(22)42-32(29-24-10-12-36-30(24)26(34)16-27(29)35)25-20-41(15-11-28(25)39-42)33-37-17-21(18-38-33)19-40-13-5-6-14-40/h7-10,12,16-18,36H,3-6,11,13-15,19-20H2,1-2H3. The molecule has 5 heterocycles. The fourth-order valence-corrected chi connectivity index (χ4v) is 6.89. The Morgan fingerprint density at radius 1 is 1.00 bits per heavy atom. The van der Waals surface area contributed by atoms with Crippen LogP contribution in [-0.2, 0) is 32.4 Å². The Labute approximate surface area is 250 Å². The van der Waals surface area contributed by atoms with Crippen LogP contribution in [0.3, 0.4) is 0 Å². The van der Waals surface area contributed by atoms with E-state index in [1.54, 1.807) is 0 Å². The molecular formula is C33H35ClFN7. The van der Waals surface area contributed by atoms with Crippen LogP contribution in [0.2, 0.25) is 5.02 Å². The summed E-state index contributed by atoms with van der Waals surface area (Å²) in [4.78, 5) is 17.4. The van der Waals surface area contributed by atoms with Gasteiger partial charge in [-0.2, -0.15) is 5.10 Å². The van der Waals surface area contributed by atoms with Gasteiger partial charge in [0, 0.05) is 66.7 Å². The molecule has 9 heteroatoms. The number of aromatic amines is 1. The number of nitrogens with one attached hydrogen (secondary N) is 1. The Morgan fingerprint density at radius 3 is 2.45 bits per heavy atom. The third-order valence-corrected chi connectivity index (χ3v) is 9.07. The van der Waals surface area contributed by atoms with Gasteiger partial charge in [0.15, 0.2) is 0 Å². The van der Waals surface area contributed by atoms with Gasteiger partial charge in [-0.15, -0.1) is 0 Å². The Balaban J connectivity index is 1.36. The molecule has 7 rings (SSSR count). The first-order chi connectivity index (χ1) is 20.6. The number of hydrogen-bond acceptors (Lipinski definition) is 5. The van der Waals surface area contributed by atoms with Crippen molar-refractivity contribution in [3.05, 3.63) is 87.7 Å². The molecule has 5 aromatic rings. The van der Waals surface area contributed by atoms with E-state index in [0.717, 1.165) is 84.5 Å². The lowest BCUT2D eigenvalue weighted by Gasteiger charge is -2.27. The highest BCUT2D eigenvalue weighted by Gasteiger charge is 2.31. The van der Waals surface area contributed by atoms with E-state index in [2.05, 4.69) is 46.8 Å². The Morgan fingerprint density at radius 2 is 1.74 bits per heavy atom. The highest BCUT2D eigenvalue weighted by molar-refractivity contribution is 6.35. The highest BCUT2D eigenvalue weighted by Crippen LogP contribution is 2.41. The topological polar surface area (TPSA) is 65.9 Å². The minimum absolute atomic E-state index is 0.359. The van der Waals surface area contributed by atoms with Gasteiger partial charge in [0.2, 0.25) is 5.95 Å². The number of anilines is 1. The number of rotatable bonds is 7. The van der Waals surface area contributed by atoms with Crippen molar-refractivity contribution >= 4 is 28.5 Å². The number of para-hydroxylation sites is 1. The molecule has 2 aliphatic rings. The largest absolute Gasteiger partial charge is 0.360 e. The first kappa shape index (κ1) is 27.1.